The lowest BCUT2D eigenvalue weighted by molar-refractivity contribution is 0.0370. The van der Waals surface area contributed by atoms with Crippen LogP contribution in [0.3, 0.4) is 0 Å². The molecule has 0 amide bonds. The van der Waals surface area contributed by atoms with E-state index >= 15 is 0 Å². The highest BCUT2D eigenvalue weighted by molar-refractivity contribution is 5.85. The monoisotopic (exact) mass is 396 g/mol. The van der Waals surface area contributed by atoms with Crippen LogP contribution in [0.5, 0.6) is 0 Å². The third kappa shape index (κ3) is 6.25. The zero-order chi connectivity index (χ0) is 18.4. The second-order valence-corrected chi connectivity index (χ2v) is 6.88. The molecule has 148 valence electrons. The van der Waals surface area contributed by atoms with Crippen molar-refractivity contribution in [2.75, 3.05) is 26.8 Å². The summed E-state index contributed by atoms with van der Waals surface area (Å²) in [5.74, 6) is -1.01. The van der Waals surface area contributed by atoms with Crippen molar-refractivity contribution in [1.29, 1.82) is 0 Å². The van der Waals surface area contributed by atoms with Gasteiger partial charge in [0.05, 0.1) is 13.2 Å². The Labute approximate surface area is 166 Å². The summed E-state index contributed by atoms with van der Waals surface area (Å²) < 4.78 is 32.8. The van der Waals surface area contributed by atoms with Gasteiger partial charge >= 0.3 is 0 Å². The molecule has 2 aromatic carbocycles. The minimum atomic E-state index is -0.536. The number of halogens is 3. The maximum absolute atomic E-state index is 14.0. The quantitative estimate of drug-likeness (QED) is 0.770. The summed E-state index contributed by atoms with van der Waals surface area (Å²) in [6, 6.07) is 14.5. The molecule has 0 bridgehead atoms. The average molecular weight is 397 g/mol. The van der Waals surface area contributed by atoms with Gasteiger partial charge in [-0.25, -0.2) is 8.78 Å². The number of nitrogens with one attached hydrogen (secondary N) is 1. The summed E-state index contributed by atoms with van der Waals surface area (Å²) in [4.78, 5) is 2.29. The Morgan fingerprint density at radius 1 is 1.19 bits per heavy atom. The smallest absolute Gasteiger partial charge is 0.129 e. The predicted octanol–water partition coefficient (Wildman–Crippen LogP) is 3.81. The number of hydrogen-bond donors (Lipinski definition) is 1. The standard InChI is InChI=1S/C21H26F2N2O.ClH/c1-25(14-16-5-3-2-4-6-16)21(20-15-26-12-11-24-20)10-8-17-7-9-18(22)13-19(17)23;/h2-7,9,13,20-21,24H,8,10-12,14-15H2,1H3;1H. The van der Waals surface area contributed by atoms with Crippen LogP contribution in [-0.4, -0.2) is 43.8 Å². The molecule has 1 N–H and O–H groups in total. The number of ether oxygens (including phenoxy) is 1. The minimum Gasteiger partial charge on any atom is -0.378 e. The van der Waals surface area contributed by atoms with E-state index in [1.165, 1.54) is 11.6 Å². The lowest BCUT2D eigenvalue weighted by Gasteiger charge is -2.37. The Bertz CT molecular complexity index is 696. The molecular formula is C21H27ClF2N2O. The topological polar surface area (TPSA) is 24.5 Å². The third-order valence-corrected chi connectivity index (χ3v) is 4.98. The van der Waals surface area contributed by atoms with Crippen LogP contribution < -0.4 is 5.32 Å². The molecule has 6 heteroatoms. The lowest BCUT2D eigenvalue weighted by atomic mass is 9.97. The van der Waals surface area contributed by atoms with Crippen molar-refractivity contribution in [3.05, 3.63) is 71.3 Å². The minimum absolute atomic E-state index is 0. The SMILES string of the molecule is CN(Cc1ccccc1)C(CCc1ccc(F)cc1F)C1COCCN1.Cl. The van der Waals surface area contributed by atoms with E-state index < -0.39 is 11.6 Å². The molecule has 1 heterocycles. The number of nitrogens with zero attached hydrogens (tertiary/aromatic N) is 1. The summed E-state index contributed by atoms with van der Waals surface area (Å²) in [7, 11) is 2.09. The first-order valence-corrected chi connectivity index (χ1v) is 9.12. The molecule has 1 aliphatic heterocycles. The molecular weight excluding hydrogens is 370 g/mol. The molecule has 2 unspecified atom stereocenters. The van der Waals surface area contributed by atoms with Gasteiger partial charge in [0.2, 0.25) is 0 Å². The normalized spacial score (nSPS) is 18.1. The van der Waals surface area contributed by atoms with Crippen LogP contribution in [0.15, 0.2) is 48.5 Å². The molecule has 3 nitrogen and oxygen atoms in total. The molecule has 1 aliphatic rings. The van der Waals surface area contributed by atoms with Crippen molar-refractivity contribution in [2.24, 2.45) is 0 Å². The number of morpholine rings is 1. The van der Waals surface area contributed by atoms with Crippen LogP contribution in [0.25, 0.3) is 0 Å². The Hall–Kier alpha value is -1.53. The van der Waals surface area contributed by atoms with Crippen molar-refractivity contribution >= 4 is 12.4 Å². The molecule has 2 aromatic rings. The zero-order valence-corrected chi connectivity index (χ0v) is 16.4. The molecule has 1 fully saturated rings. The van der Waals surface area contributed by atoms with Gasteiger partial charge in [0.1, 0.15) is 11.6 Å². The Morgan fingerprint density at radius 2 is 1.96 bits per heavy atom. The van der Waals surface area contributed by atoms with Crippen LogP contribution in [0.4, 0.5) is 8.78 Å². The van der Waals surface area contributed by atoms with E-state index in [4.69, 9.17) is 4.74 Å². The number of aryl methyl sites for hydroxylation is 1. The van der Waals surface area contributed by atoms with E-state index in [0.29, 0.717) is 18.6 Å². The van der Waals surface area contributed by atoms with Gasteiger partial charge in [-0.3, -0.25) is 4.90 Å². The number of hydrogen-bond acceptors (Lipinski definition) is 3. The van der Waals surface area contributed by atoms with Crippen LogP contribution in [0.2, 0.25) is 0 Å². The molecule has 2 atom stereocenters. The van der Waals surface area contributed by atoms with E-state index in [1.807, 2.05) is 18.2 Å². The first kappa shape index (κ1) is 21.8. The predicted molar refractivity (Wildman–Crippen MR) is 106 cm³/mol. The van der Waals surface area contributed by atoms with Crippen LogP contribution in [0.1, 0.15) is 17.5 Å². The Morgan fingerprint density at radius 3 is 2.63 bits per heavy atom. The molecule has 3 rings (SSSR count). The van der Waals surface area contributed by atoms with Crippen molar-refractivity contribution in [2.45, 2.75) is 31.5 Å². The van der Waals surface area contributed by atoms with Gasteiger partial charge in [-0.2, -0.15) is 0 Å². The van der Waals surface area contributed by atoms with Crippen LogP contribution >= 0.6 is 12.4 Å². The average Bonchev–Trinajstić information content (AvgIpc) is 2.65. The van der Waals surface area contributed by atoms with Gasteiger partial charge in [0, 0.05) is 31.2 Å². The van der Waals surface area contributed by atoms with Gasteiger partial charge in [-0.15, -0.1) is 12.4 Å². The van der Waals surface area contributed by atoms with E-state index in [1.54, 1.807) is 6.07 Å². The highest BCUT2D eigenvalue weighted by Gasteiger charge is 2.27. The fraction of sp³-hybridized carbons (Fsp3) is 0.429. The molecule has 27 heavy (non-hydrogen) atoms. The molecule has 0 aromatic heterocycles. The van der Waals surface area contributed by atoms with E-state index in [0.717, 1.165) is 32.2 Å². The fourth-order valence-electron chi connectivity index (χ4n) is 3.58. The molecule has 1 saturated heterocycles. The van der Waals surface area contributed by atoms with Gasteiger partial charge in [-0.1, -0.05) is 36.4 Å². The maximum Gasteiger partial charge on any atom is 0.129 e. The van der Waals surface area contributed by atoms with Crippen molar-refractivity contribution in [3.8, 4) is 0 Å². The zero-order valence-electron chi connectivity index (χ0n) is 15.5. The van der Waals surface area contributed by atoms with Gasteiger partial charge in [-0.05, 0) is 37.1 Å². The van der Waals surface area contributed by atoms with E-state index in [2.05, 4.69) is 29.4 Å². The first-order chi connectivity index (χ1) is 12.6. The van der Waals surface area contributed by atoms with Crippen LogP contribution in [-0.2, 0) is 17.7 Å². The maximum atomic E-state index is 14.0. The van der Waals surface area contributed by atoms with Gasteiger partial charge in [0.25, 0.3) is 0 Å². The van der Waals surface area contributed by atoms with Crippen molar-refractivity contribution in [1.82, 2.24) is 10.2 Å². The molecule has 0 radical (unpaired) electrons. The number of benzene rings is 2. The Balaban J connectivity index is 0.00000261. The third-order valence-electron chi connectivity index (χ3n) is 4.98. The van der Waals surface area contributed by atoms with Crippen molar-refractivity contribution < 1.29 is 13.5 Å². The summed E-state index contributed by atoms with van der Waals surface area (Å²) in [5, 5.41) is 3.53. The molecule has 0 saturated carbocycles. The second kappa shape index (κ2) is 10.7. The van der Waals surface area contributed by atoms with E-state index in [9.17, 15) is 8.78 Å². The largest absolute Gasteiger partial charge is 0.378 e. The fourth-order valence-corrected chi connectivity index (χ4v) is 3.58. The lowest BCUT2D eigenvalue weighted by Crippen LogP contribution is -2.54. The number of likely N-dealkylation sites (N-methyl/N-ethyl adjacent to an activating group) is 1. The van der Waals surface area contributed by atoms with Gasteiger partial charge < -0.3 is 10.1 Å². The molecule has 0 aliphatic carbocycles. The summed E-state index contributed by atoms with van der Waals surface area (Å²) in [6.45, 7) is 3.01. The van der Waals surface area contributed by atoms with Crippen LogP contribution in [0, 0.1) is 11.6 Å². The van der Waals surface area contributed by atoms with Crippen molar-refractivity contribution in [3.63, 3.8) is 0 Å². The first-order valence-electron chi connectivity index (χ1n) is 9.12. The van der Waals surface area contributed by atoms with Gasteiger partial charge in [0.15, 0.2) is 0 Å². The summed E-state index contributed by atoms with van der Waals surface area (Å²) in [5.41, 5.74) is 1.80. The molecule has 0 spiro atoms. The highest BCUT2D eigenvalue weighted by atomic mass is 35.5. The second-order valence-electron chi connectivity index (χ2n) is 6.88. The van der Waals surface area contributed by atoms with E-state index in [-0.39, 0.29) is 24.5 Å². The number of rotatable bonds is 7. The summed E-state index contributed by atoms with van der Waals surface area (Å²) in [6.07, 6.45) is 1.33. The summed E-state index contributed by atoms with van der Waals surface area (Å²) >= 11 is 0. The Kier molecular flexibility index (Phi) is 8.64. The highest BCUT2D eigenvalue weighted by Crippen LogP contribution is 2.19.